The smallest absolute Gasteiger partial charge is 0.251 e. The topological polar surface area (TPSA) is 101 Å². The molecular weight excluding hydrogens is 418 g/mol. The SMILES string of the molecule is O=C1NCC(C2CCN(C(=O)CCCc3nc(-c4cccnc4)no3)CC2)c2ccccc21. The monoisotopic (exact) mass is 445 g/mol. The van der Waals surface area contributed by atoms with Gasteiger partial charge in [0.25, 0.3) is 5.91 Å². The molecule has 4 heterocycles. The zero-order valence-electron chi connectivity index (χ0n) is 18.4. The van der Waals surface area contributed by atoms with Crippen LogP contribution < -0.4 is 5.32 Å². The fourth-order valence-corrected chi connectivity index (χ4v) is 4.92. The zero-order chi connectivity index (χ0) is 22.6. The van der Waals surface area contributed by atoms with Crippen LogP contribution in [0.25, 0.3) is 11.4 Å². The van der Waals surface area contributed by atoms with Crippen LogP contribution in [0.4, 0.5) is 0 Å². The summed E-state index contributed by atoms with van der Waals surface area (Å²) < 4.78 is 5.32. The van der Waals surface area contributed by atoms with Crippen molar-refractivity contribution >= 4 is 11.8 Å². The number of amides is 2. The second-order valence-corrected chi connectivity index (χ2v) is 8.73. The van der Waals surface area contributed by atoms with Gasteiger partial charge in [0.1, 0.15) is 0 Å². The lowest BCUT2D eigenvalue weighted by Crippen LogP contribution is -2.43. The Morgan fingerprint density at radius 1 is 1.15 bits per heavy atom. The third-order valence-electron chi connectivity index (χ3n) is 6.72. The second kappa shape index (κ2) is 9.52. The summed E-state index contributed by atoms with van der Waals surface area (Å²) in [7, 11) is 0. The highest BCUT2D eigenvalue weighted by atomic mass is 16.5. The second-order valence-electron chi connectivity index (χ2n) is 8.73. The summed E-state index contributed by atoms with van der Waals surface area (Å²) in [5.41, 5.74) is 2.75. The van der Waals surface area contributed by atoms with Crippen molar-refractivity contribution in [3.63, 3.8) is 0 Å². The predicted octanol–water partition coefficient (Wildman–Crippen LogP) is 3.22. The molecule has 0 aliphatic carbocycles. The number of likely N-dealkylation sites (tertiary alicyclic amines) is 1. The van der Waals surface area contributed by atoms with Crippen molar-refractivity contribution < 1.29 is 14.1 Å². The van der Waals surface area contributed by atoms with E-state index < -0.39 is 0 Å². The van der Waals surface area contributed by atoms with Gasteiger partial charge in [-0.1, -0.05) is 23.4 Å². The first kappa shape index (κ1) is 21.3. The van der Waals surface area contributed by atoms with E-state index in [9.17, 15) is 9.59 Å². The van der Waals surface area contributed by atoms with Crippen LogP contribution in [-0.2, 0) is 11.2 Å². The number of benzene rings is 1. The van der Waals surface area contributed by atoms with Crippen molar-refractivity contribution in [1.82, 2.24) is 25.3 Å². The van der Waals surface area contributed by atoms with Crippen LogP contribution in [0.5, 0.6) is 0 Å². The largest absolute Gasteiger partial charge is 0.351 e. The van der Waals surface area contributed by atoms with Crippen LogP contribution in [0.2, 0.25) is 0 Å². The van der Waals surface area contributed by atoms with Gasteiger partial charge in [-0.3, -0.25) is 14.6 Å². The quantitative estimate of drug-likeness (QED) is 0.625. The van der Waals surface area contributed by atoms with Crippen molar-refractivity contribution in [2.75, 3.05) is 19.6 Å². The molecule has 2 aromatic heterocycles. The lowest BCUT2D eigenvalue weighted by atomic mass is 9.76. The molecule has 0 saturated carbocycles. The number of rotatable bonds is 6. The Labute approximate surface area is 192 Å². The fourth-order valence-electron chi connectivity index (χ4n) is 4.92. The normalized spacial score (nSPS) is 18.6. The van der Waals surface area contributed by atoms with Crippen molar-refractivity contribution in [2.45, 2.75) is 38.0 Å². The number of aryl methyl sites for hydroxylation is 1. The van der Waals surface area contributed by atoms with Crippen LogP contribution in [0.1, 0.15) is 53.4 Å². The average molecular weight is 446 g/mol. The number of hydrogen-bond acceptors (Lipinski definition) is 6. The average Bonchev–Trinajstić information content (AvgIpc) is 3.34. The van der Waals surface area contributed by atoms with Crippen LogP contribution >= 0.6 is 0 Å². The Hall–Kier alpha value is -3.55. The number of aromatic nitrogens is 3. The third kappa shape index (κ3) is 4.65. The van der Waals surface area contributed by atoms with E-state index >= 15 is 0 Å². The van der Waals surface area contributed by atoms with Gasteiger partial charge < -0.3 is 14.7 Å². The Morgan fingerprint density at radius 2 is 2.00 bits per heavy atom. The molecule has 33 heavy (non-hydrogen) atoms. The molecule has 2 amide bonds. The summed E-state index contributed by atoms with van der Waals surface area (Å²) in [5, 5.41) is 7.03. The minimum absolute atomic E-state index is 0.0169. The standard InChI is InChI=1S/C25H27N5O3/c31-23(9-3-8-22-28-24(29-33-22)18-5-4-12-26-15-18)30-13-10-17(11-14-30)21-16-27-25(32)20-7-2-1-6-19(20)21/h1-2,4-7,12,15,17,21H,3,8-11,13-14,16H2,(H,27,32). The van der Waals surface area contributed by atoms with Gasteiger partial charge in [-0.25, -0.2) is 0 Å². The lowest BCUT2D eigenvalue weighted by Gasteiger charge is -2.38. The fraction of sp³-hybridized carbons (Fsp3) is 0.400. The van der Waals surface area contributed by atoms with Gasteiger partial charge in [-0.05, 0) is 48.9 Å². The number of carbonyl (C=O) groups excluding carboxylic acids is 2. The Balaban J connectivity index is 1.10. The van der Waals surface area contributed by atoms with Gasteiger partial charge in [-0.2, -0.15) is 4.98 Å². The van der Waals surface area contributed by atoms with E-state index in [1.165, 1.54) is 0 Å². The Kier molecular flexibility index (Phi) is 6.15. The third-order valence-corrected chi connectivity index (χ3v) is 6.72. The maximum absolute atomic E-state index is 12.7. The van der Waals surface area contributed by atoms with E-state index in [-0.39, 0.29) is 11.8 Å². The first-order chi connectivity index (χ1) is 16.2. The predicted molar refractivity (Wildman–Crippen MR) is 121 cm³/mol. The van der Waals surface area contributed by atoms with Gasteiger partial charge in [-0.15, -0.1) is 0 Å². The molecular formula is C25H27N5O3. The van der Waals surface area contributed by atoms with Crippen LogP contribution in [-0.4, -0.2) is 51.5 Å². The summed E-state index contributed by atoms with van der Waals surface area (Å²) in [4.78, 5) is 35.3. The maximum atomic E-state index is 12.7. The number of carbonyl (C=O) groups is 2. The van der Waals surface area contributed by atoms with E-state index in [4.69, 9.17) is 4.52 Å². The molecule has 2 aliphatic heterocycles. The highest BCUT2D eigenvalue weighted by Gasteiger charge is 2.33. The van der Waals surface area contributed by atoms with Crippen LogP contribution in [0.3, 0.4) is 0 Å². The first-order valence-corrected chi connectivity index (χ1v) is 11.6. The molecule has 2 aliphatic rings. The van der Waals surface area contributed by atoms with E-state index in [1.54, 1.807) is 12.4 Å². The summed E-state index contributed by atoms with van der Waals surface area (Å²) in [5.74, 6) is 2.05. The minimum Gasteiger partial charge on any atom is -0.351 e. The lowest BCUT2D eigenvalue weighted by molar-refractivity contribution is -0.132. The van der Waals surface area contributed by atoms with E-state index in [2.05, 4.69) is 26.5 Å². The number of nitrogens with one attached hydrogen (secondary N) is 1. The Bertz CT molecular complexity index is 1120. The molecule has 1 fully saturated rings. The molecule has 0 radical (unpaired) electrons. The Morgan fingerprint density at radius 3 is 2.82 bits per heavy atom. The molecule has 8 heteroatoms. The molecule has 1 atom stereocenters. The van der Waals surface area contributed by atoms with Crippen molar-refractivity contribution in [1.29, 1.82) is 0 Å². The zero-order valence-corrected chi connectivity index (χ0v) is 18.4. The molecule has 1 N–H and O–H groups in total. The van der Waals surface area contributed by atoms with E-state index in [0.29, 0.717) is 49.4 Å². The van der Waals surface area contributed by atoms with Gasteiger partial charge in [0, 0.05) is 61.9 Å². The molecule has 1 saturated heterocycles. The van der Waals surface area contributed by atoms with Gasteiger partial charge in [0.15, 0.2) is 0 Å². The summed E-state index contributed by atoms with van der Waals surface area (Å²) >= 11 is 0. The number of pyridine rings is 1. The highest BCUT2D eigenvalue weighted by molar-refractivity contribution is 5.97. The van der Waals surface area contributed by atoms with Gasteiger partial charge in [0.2, 0.25) is 17.6 Å². The molecule has 5 rings (SSSR count). The summed E-state index contributed by atoms with van der Waals surface area (Å²) in [6.45, 7) is 2.21. The number of fused-ring (bicyclic) bond motifs is 1. The minimum atomic E-state index is 0.0169. The number of nitrogens with zero attached hydrogens (tertiary/aromatic N) is 4. The van der Waals surface area contributed by atoms with Crippen molar-refractivity contribution in [3.05, 3.63) is 65.8 Å². The van der Waals surface area contributed by atoms with E-state index in [1.807, 2.05) is 35.2 Å². The number of hydrogen-bond donors (Lipinski definition) is 1. The molecule has 3 aromatic rings. The summed E-state index contributed by atoms with van der Waals surface area (Å²) in [6.07, 6.45) is 7.03. The van der Waals surface area contributed by atoms with E-state index in [0.717, 1.165) is 42.6 Å². The molecule has 1 unspecified atom stereocenters. The first-order valence-electron chi connectivity index (χ1n) is 11.6. The van der Waals surface area contributed by atoms with Crippen molar-refractivity contribution in [2.24, 2.45) is 5.92 Å². The molecule has 8 nitrogen and oxygen atoms in total. The summed E-state index contributed by atoms with van der Waals surface area (Å²) in [6, 6.07) is 11.6. The van der Waals surface area contributed by atoms with Gasteiger partial charge >= 0.3 is 0 Å². The number of piperidine rings is 1. The van der Waals surface area contributed by atoms with Gasteiger partial charge in [0.05, 0.1) is 0 Å². The maximum Gasteiger partial charge on any atom is 0.251 e. The molecule has 1 aromatic carbocycles. The van der Waals surface area contributed by atoms with Crippen molar-refractivity contribution in [3.8, 4) is 11.4 Å². The van der Waals surface area contributed by atoms with Crippen LogP contribution in [0, 0.1) is 5.92 Å². The molecule has 0 spiro atoms. The molecule has 0 bridgehead atoms. The highest BCUT2D eigenvalue weighted by Crippen LogP contribution is 2.36. The molecule has 170 valence electrons. The van der Waals surface area contributed by atoms with Crippen LogP contribution in [0.15, 0.2) is 53.3 Å².